The fourth-order valence-corrected chi connectivity index (χ4v) is 2.56. The third-order valence-corrected chi connectivity index (χ3v) is 3.96. The molecule has 0 spiro atoms. The summed E-state index contributed by atoms with van der Waals surface area (Å²) >= 11 is 1.70. The number of thiazole rings is 1. The van der Waals surface area contributed by atoms with Crippen molar-refractivity contribution in [2.75, 3.05) is 20.1 Å². The van der Waals surface area contributed by atoms with E-state index in [4.69, 9.17) is 0 Å². The molecule has 0 aliphatic carbocycles. The van der Waals surface area contributed by atoms with Gasteiger partial charge in [0.2, 0.25) is 5.91 Å². The Morgan fingerprint density at radius 3 is 2.94 bits per heavy atom. The lowest BCUT2D eigenvalue weighted by molar-refractivity contribution is -0.136. The molecule has 0 unspecified atom stereocenters. The third kappa shape index (κ3) is 2.41. The summed E-state index contributed by atoms with van der Waals surface area (Å²) in [6.45, 7) is 4.40. The topological polar surface area (TPSA) is 45.2 Å². The first-order valence-electron chi connectivity index (χ1n) is 5.60. The molecule has 1 aromatic rings. The van der Waals surface area contributed by atoms with Crippen molar-refractivity contribution >= 4 is 17.2 Å². The standard InChI is InChI=1S/C11H17N3OS/c1-3-9-6-13-10(16-9)7-14(2)11(15)8-4-12-5-8/h6,8,12H,3-5,7H2,1-2H3. The molecule has 2 rings (SSSR count). The summed E-state index contributed by atoms with van der Waals surface area (Å²) in [6.07, 6.45) is 2.92. The number of nitrogens with zero attached hydrogens (tertiary/aromatic N) is 2. The minimum Gasteiger partial charge on any atom is -0.339 e. The molecule has 0 aromatic carbocycles. The van der Waals surface area contributed by atoms with Crippen LogP contribution in [-0.4, -0.2) is 35.9 Å². The van der Waals surface area contributed by atoms with E-state index in [1.54, 1.807) is 16.2 Å². The van der Waals surface area contributed by atoms with Crippen LogP contribution in [0.2, 0.25) is 0 Å². The molecule has 1 amide bonds. The molecule has 1 N–H and O–H groups in total. The Hall–Kier alpha value is -0.940. The maximum Gasteiger partial charge on any atom is 0.228 e. The normalized spacial score (nSPS) is 15.9. The molecule has 88 valence electrons. The SMILES string of the molecule is CCc1cnc(CN(C)C(=O)C2CNC2)s1. The number of hydrogen-bond acceptors (Lipinski definition) is 4. The number of rotatable bonds is 4. The van der Waals surface area contributed by atoms with Crippen molar-refractivity contribution in [1.29, 1.82) is 0 Å². The summed E-state index contributed by atoms with van der Waals surface area (Å²) in [5.41, 5.74) is 0. The number of aryl methyl sites for hydroxylation is 1. The average molecular weight is 239 g/mol. The quantitative estimate of drug-likeness (QED) is 0.848. The molecule has 0 saturated carbocycles. The minimum atomic E-state index is 0.176. The average Bonchev–Trinajstić information content (AvgIpc) is 2.62. The van der Waals surface area contributed by atoms with Crippen LogP contribution >= 0.6 is 11.3 Å². The predicted molar refractivity (Wildman–Crippen MR) is 64.3 cm³/mol. The van der Waals surface area contributed by atoms with Gasteiger partial charge in [0.15, 0.2) is 0 Å². The molecular weight excluding hydrogens is 222 g/mol. The van der Waals surface area contributed by atoms with E-state index in [-0.39, 0.29) is 11.8 Å². The molecule has 1 aliphatic heterocycles. The summed E-state index contributed by atoms with van der Waals surface area (Å²) < 4.78 is 0. The molecule has 2 heterocycles. The zero-order valence-electron chi connectivity index (χ0n) is 9.69. The van der Waals surface area contributed by atoms with Gasteiger partial charge in [0, 0.05) is 31.2 Å². The Balaban J connectivity index is 1.90. The van der Waals surface area contributed by atoms with Gasteiger partial charge >= 0.3 is 0 Å². The molecule has 1 saturated heterocycles. The van der Waals surface area contributed by atoms with Crippen LogP contribution in [-0.2, 0) is 17.8 Å². The number of nitrogens with one attached hydrogen (secondary N) is 1. The van der Waals surface area contributed by atoms with Crippen molar-refractivity contribution in [2.24, 2.45) is 5.92 Å². The highest BCUT2D eigenvalue weighted by Crippen LogP contribution is 2.16. The second-order valence-electron chi connectivity index (χ2n) is 4.12. The highest BCUT2D eigenvalue weighted by molar-refractivity contribution is 7.11. The summed E-state index contributed by atoms with van der Waals surface area (Å²) in [4.78, 5) is 19.3. The molecule has 0 radical (unpaired) electrons. The van der Waals surface area contributed by atoms with Crippen molar-refractivity contribution in [2.45, 2.75) is 19.9 Å². The fourth-order valence-electron chi connectivity index (χ4n) is 1.64. The number of carbonyl (C=O) groups excluding carboxylic acids is 1. The first-order valence-corrected chi connectivity index (χ1v) is 6.41. The van der Waals surface area contributed by atoms with Gasteiger partial charge in [-0.1, -0.05) is 6.92 Å². The van der Waals surface area contributed by atoms with E-state index < -0.39 is 0 Å². The molecule has 4 nitrogen and oxygen atoms in total. The minimum absolute atomic E-state index is 0.176. The van der Waals surface area contributed by atoms with Crippen LogP contribution in [0.1, 0.15) is 16.8 Å². The van der Waals surface area contributed by atoms with Crippen LogP contribution in [0.4, 0.5) is 0 Å². The molecule has 1 aromatic heterocycles. The molecule has 0 atom stereocenters. The number of aromatic nitrogens is 1. The summed E-state index contributed by atoms with van der Waals surface area (Å²) in [5.74, 6) is 0.405. The van der Waals surface area contributed by atoms with Gasteiger partial charge in [-0.2, -0.15) is 0 Å². The van der Waals surface area contributed by atoms with Crippen LogP contribution in [0, 0.1) is 5.92 Å². The van der Waals surface area contributed by atoms with E-state index in [0.29, 0.717) is 6.54 Å². The molecule has 0 bridgehead atoms. The van der Waals surface area contributed by atoms with Crippen molar-refractivity contribution in [3.63, 3.8) is 0 Å². The molecular formula is C11H17N3OS. The maximum absolute atomic E-state index is 11.9. The van der Waals surface area contributed by atoms with Crippen LogP contribution in [0.5, 0.6) is 0 Å². The van der Waals surface area contributed by atoms with Crippen LogP contribution < -0.4 is 5.32 Å². The zero-order valence-corrected chi connectivity index (χ0v) is 10.5. The van der Waals surface area contributed by atoms with Gasteiger partial charge in [-0.05, 0) is 6.42 Å². The van der Waals surface area contributed by atoms with Gasteiger partial charge in [-0.3, -0.25) is 4.79 Å². The lowest BCUT2D eigenvalue weighted by Gasteiger charge is -2.29. The first kappa shape index (κ1) is 11.5. The van der Waals surface area contributed by atoms with Crippen molar-refractivity contribution < 1.29 is 4.79 Å². The van der Waals surface area contributed by atoms with Gasteiger partial charge in [0.05, 0.1) is 12.5 Å². The Bertz CT molecular complexity index is 373. The highest BCUT2D eigenvalue weighted by Gasteiger charge is 2.27. The summed E-state index contributed by atoms with van der Waals surface area (Å²) in [7, 11) is 1.85. The smallest absolute Gasteiger partial charge is 0.228 e. The van der Waals surface area contributed by atoms with E-state index in [1.165, 1.54) is 4.88 Å². The van der Waals surface area contributed by atoms with E-state index in [0.717, 1.165) is 24.5 Å². The molecule has 16 heavy (non-hydrogen) atoms. The first-order chi connectivity index (χ1) is 7.70. The highest BCUT2D eigenvalue weighted by atomic mass is 32.1. The summed E-state index contributed by atoms with van der Waals surface area (Å²) in [5, 5.41) is 4.14. The molecule has 5 heteroatoms. The zero-order chi connectivity index (χ0) is 11.5. The van der Waals surface area contributed by atoms with E-state index in [2.05, 4.69) is 17.2 Å². The van der Waals surface area contributed by atoms with Crippen LogP contribution in [0.25, 0.3) is 0 Å². The van der Waals surface area contributed by atoms with Gasteiger partial charge in [0.1, 0.15) is 5.01 Å². The Labute approximate surface area is 99.7 Å². The predicted octanol–water partition coefficient (Wildman–Crippen LogP) is 0.883. The molecule has 1 fully saturated rings. The Morgan fingerprint density at radius 2 is 2.44 bits per heavy atom. The van der Waals surface area contributed by atoms with Gasteiger partial charge in [-0.15, -0.1) is 11.3 Å². The summed E-state index contributed by atoms with van der Waals surface area (Å²) in [6, 6.07) is 0. The Morgan fingerprint density at radius 1 is 1.69 bits per heavy atom. The second kappa shape index (κ2) is 4.93. The number of carbonyl (C=O) groups is 1. The largest absolute Gasteiger partial charge is 0.339 e. The van der Waals surface area contributed by atoms with Crippen molar-refractivity contribution in [3.8, 4) is 0 Å². The fraction of sp³-hybridized carbons (Fsp3) is 0.636. The lowest BCUT2D eigenvalue weighted by Crippen LogP contribution is -2.50. The Kier molecular flexibility index (Phi) is 3.56. The van der Waals surface area contributed by atoms with Crippen molar-refractivity contribution in [3.05, 3.63) is 16.1 Å². The third-order valence-electron chi connectivity index (χ3n) is 2.83. The lowest BCUT2D eigenvalue weighted by atomic mass is 10.0. The monoisotopic (exact) mass is 239 g/mol. The maximum atomic E-state index is 11.9. The van der Waals surface area contributed by atoms with Gasteiger partial charge < -0.3 is 10.2 Å². The van der Waals surface area contributed by atoms with Crippen LogP contribution in [0.3, 0.4) is 0 Å². The van der Waals surface area contributed by atoms with Crippen molar-refractivity contribution in [1.82, 2.24) is 15.2 Å². The number of amides is 1. The van der Waals surface area contributed by atoms with E-state index in [1.807, 2.05) is 13.2 Å². The van der Waals surface area contributed by atoms with Gasteiger partial charge in [0.25, 0.3) is 0 Å². The second-order valence-corrected chi connectivity index (χ2v) is 5.32. The van der Waals surface area contributed by atoms with Gasteiger partial charge in [-0.25, -0.2) is 4.98 Å². The van der Waals surface area contributed by atoms with E-state index in [9.17, 15) is 4.79 Å². The number of hydrogen-bond donors (Lipinski definition) is 1. The van der Waals surface area contributed by atoms with Crippen LogP contribution in [0.15, 0.2) is 6.20 Å². The van der Waals surface area contributed by atoms with E-state index >= 15 is 0 Å². The molecule has 1 aliphatic rings.